The average molecular weight is 369 g/mol. The van der Waals surface area contributed by atoms with E-state index in [0.29, 0.717) is 0 Å². The van der Waals surface area contributed by atoms with Crippen LogP contribution in [-0.4, -0.2) is 23.1 Å². The van der Waals surface area contributed by atoms with Crippen molar-refractivity contribution in [2.75, 3.05) is 0 Å². The van der Waals surface area contributed by atoms with Gasteiger partial charge in [-0.05, 0) is 11.6 Å². The summed E-state index contributed by atoms with van der Waals surface area (Å²) in [5.74, 6) is 0.788. The molecule has 10 heteroatoms. The predicted octanol–water partition coefficient (Wildman–Crippen LogP) is 2.65. The van der Waals surface area contributed by atoms with Gasteiger partial charge >= 0.3 is 0 Å². The highest BCUT2D eigenvalue weighted by molar-refractivity contribution is 8.13. The molecule has 0 amide bonds. The van der Waals surface area contributed by atoms with Crippen LogP contribution in [0.5, 0.6) is 0 Å². The molecule has 0 aliphatic rings. The number of nitrogens with one attached hydrogen (secondary N) is 1. The summed E-state index contributed by atoms with van der Waals surface area (Å²) in [5.41, 5.74) is 6.01. The molecule has 0 aromatic heterocycles. The second-order valence-electron chi connectivity index (χ2n) is 4.37. The predicted molar refractivity (Wildman–Crippen MR) is 92.6 cm³/mol. The Morgan fingerprint density at radius 1 is 1.21 bits per heavy atom. The third-order valence-corrected chi connectivity index (χ3v) is 4.20. The fraction of sp³-hybridized carbons (Fsp3) is 0.0714. The Morgan fingerprint density at radius 3 is 2.33 bits per heavy atom. The molecule has 2 aromatic rings. The van der Waals surface area contributed by atoms with Crippen LogP contribution in [0.3, 0.4) is 0 Å². The third kappa shape index (κ3) is 7.22. The molecule has 0 atom stereocenters. The summed E-state index contributed by atoms with van der Waals surface area (Å²) in [4.78, 5) is 8.98. The highest BCUT2D eigenvalue weighted by Gasteiger charge is 2.13. The van der Waals surface area contributed by atoms with Crippen LogP contribution in [0.25, 0.3) is 0 Å². The van der Waals surface area contributed by atoms with Crippen molar-refractivity contribution >= 4 is 32.7 Å². The van der Waals surface area contributed by atoms with Crippen molar-refractivity contribution in [3.8, 4) is 0 Å². The lowest BCUT2D eigenvalue weighted by Crippen LogP contribution is -2.03. The molecule has 0 radical (unpaired) electrons. The molecule has 0 spiro atoms. The van der Waals surface area contributed by atoms with E-state index in [-0.39, 0.29) is 10.9 Å². The number of nitrogens with zero attached hydrogens (tertiary/aromatic N) is 1. The normalized spacial score (nSPS) is 10.4. The van der Waals surface area contributed by atoms with E-state index in [2.05, 4.69) is 0 Å². The molecule has 0 aliphatic carbocycles. The summed E-state index contributed by atoms with van der Waals surface area (Å²) in [6, 6.07) is 14.2. The summed E-state index contributed by atoms with van der Waals surface area (Å²) < 4.78 is 29.6. The van der Waals surface area contributed by atoms with Crippen LogP contribution < -0.4 is 5.73 Å². The Labute approximate surface area is 143 Å². The zero-order chi connectivity index (χ0) is 18.2. The molecule has 2 aromatic carbocycles. The summed E-state index contributed by atoms with van der Waals surface area (Å²) in [6.45, 7) is 0. The number of hydrogen-bond acceptors (Lipinski definition) is 6. The Hall–Kier alpha value is -2.43. The van der Waals surface area contributed by atoms with E-state index < -0.39 is 19.9 Å². The number of rotatable bonds is 4. The van der Waals surface area contributed by atoms with Crippen LogP contribution >= 0.6 is 11.8 Å². The maximum atomic E-state index is 10.5. The smallest absolute Gasteiger partial charge is 0.294 e. The summed E-state index contributed by atoms with van der Waals surface area (Å²) in [5, 5.41) is 17.4. The topological polar surface area (TPSA) is 147 Å². The lowest BCUT2D eigenvalue weighted by Gasteiger charge is -1.97. The molecule has 0 aliphatic heterocycles. The SMILES string of the molecule is N=C(N)SCc1ccccc1.O=[N+]([O-])c1cccc(S(=O)(=O)O)c1. The van der Waals surface area contributed by atoms with E-state index in [1.165, 1.54) is 23.4 Å². The summed E-state index contributed by atoms with van der Waals surface area (Å²) in [6.07, 6.45) is 0. The molecular formula is C14H15N3O5S2. The monoisotopic (exact) mass is 369 g/mol. The van der Waals surface area contributed by atoms with E-state index in [4.69, 9.17) is 15.7 Å². The van der Waals surface area contributed by atoms with E-state index in [9.17, 15) is 18.5 Å². The summed E-state index contributed by atoms with van der Waals surface area (Å²) in [7, 11) is -4.36. The fourth-order valence-corrected chi connectivity index (χ4v) is 2.53. The van der Waals surface area contributed by atoms with Crippen LogP contribution in [0, 0.1) is 15.5 Å². The molecule has 0 saturated carbocycles. The summed E-state index contributed by atoms with van der Waals surface area (Å²) >= 11 is 1.35. The third-order valence-electron chi connectivity index (χ3n) is 2.56. The Balaban J connectivity index is 0.000000243. The molecule has 8 nitrogen and oxygen atoms in total. The second-order valence-corrected chi connectivity index (χ2v) is 6.81. The van der Waals surface area contributed by atoms with Gasteiger partial charge in [-0.1, -0.05) is 48.2 Å². The molecule has 0 saturated heterocycles. The Kier molecular flexibility index (Phi) is 7.36. The van der Waals surface area contributed by atoms with Crippen molar-refractivity contribution in [2.45, 2.75) is 10.6 Å². The molecular weight excluding hydrogens is 354 g/mol. The molecule has 0 bridgehead atoms. The Bertz CT molecular complexity index is 810. The van der Waals surface area contributed by atoms with Gasteiger partial charge in [-0.2, -0.15) is 8.42 Å². The van der Waals surface area contributed by atoms with Gasteiger partial charge in [0.15, 0.2) is 5.17 Å². The Morgan fingerprint density at radius 2 is 1.83 bits per heavy atom. The first-order chi connectivity index (χ1) is 11.2. The first-order valence-corrected chi connectivity index (χ1v) is 8.85. The van der Waals surface area contributed by atoms with Crippen molar-refractivity contribution in [1.82, 2.24) is 0 Å². The van der Waals surface area contributed by atoms with Gasteiger partial charge in [0.25, 0.3) is 15.8 Å². The second kappa shape index (κ2) is 9.01. The lowest BCUT2D eigenvalue weighted by molar-refractivity contribution is -0.385. The van der Waals surface area contributed by atoms with E-state index in [1.54, 1.807) is 0 Å². The van der Waals surface area contributed by atoms with Crippen molar-refractivity contribution in [3.63, 3.8) is 0 Å². The minimum absolute atomic E-state index is 0.175. The maximum Gasteiger partial charge on any atom is 0.294 e. The van der Waals surface area contributed by atoms with Gasteiger partial charge in [-0.25, -0.2) is 0 Å². The van der Waals surface area contributed by atoms with Gasteiger partial charge in [0.2, 0.25) is 0 Å². The largest absolute Gasteiger partial charge is 0.379 e. The first-order valence-electron chi connectivity index (χ1n) is 6.43. The minimum Gasteiger partial charge on any atom is -0.379 e. The van der Waals surface area contributed by atoms with E-state index in [1.807, 2.05) is 30.3 Å². The average Bonchev–Trinajstić information content (AvgIpc) is 2.54. The van der Waals surface area contributed by atoms with Crippen LogP contribution in [-0.2, 0) is 15.9 Å². The number of thioether (sulfide) groups is 1. The lowest BCUT2D eigenvalue weighted by atomic mass is 10.2. The van der Waals surface area contributed by atoms with Crippen LogP contribution in [0.4, 0.5) is 5.69 Å². The zero-order valence-electron chi connectivity index (χ0n) is 12.3. The van der Waals surface area contributed by atoms with Crippen LogP contribution in [0.15, 0.2) is 59.5 Å². The van der Waals surface area contributed by atoms with E-state index in [0.717, 1.165) is 24.0 Å². The van der Waals surface area contributed by atoms with Crippen LogP contribution in [0.2, 0.25) is 0 Å². The first kappa shape index (κ1) is 19.6. The number of amidine groups is 1. The maximum absolute atomic E-state index is 10.5. The number of nitro benzene ring substituents is 1. The van der Waals surface area contributed by atoms with Gasteiger partial charge in [0.05, 0.1) is 4.92 Å². The molecule has 4 N–H and O–H groups in total. The van der Waals surface area contributed by atoms with Crippen molar-refractivity contribution in [3.05, 3.63) is 70.3 Å². The number of hydrogen-bond donors (Lipinski definition) is 3. The van der Waals surface area contributed by atoms with Gasteiger partial charge in [-0.15, -0.1) is 0 Å². The number of nitrogens with two attached hydrogens (primary N) is 1. The molecule has 24 heavy (non-hydrogen) atoms. The van der Waals surface area contributed by atoms with Crippen molar-refractivity contribution in [2.24, 2.45) is 5.73 Å². The van der Waals surface area contributed by atoms with Gasteiger partial charge in [0.1, 0.15) is 4.90 Å². The minimum atomic E-state index is -4.36. The van der Waals surface area contributed by atoms with Gasteiger partial charge < -0.3 is 5.73 Å². The molecule has 0 fully saturated rings. The van der Waals surface area contributed by atoms with Gasteiger partial charge in [0, 0.05) is 17.9 Å². The number of nitro groups is 1. The standard InChI is InChI=1S/C8H10N2S.C6H5NO5S/c9-8(10)11-6-7-4-2-1-3-5-7;8-7(9)5-2-1-3-6(4-5)13(10,11)12/h1-5H,6H2,(H3,9,10);1-4H,(H,10,11,12). The molecule has 2 rings (SSSR count). The number of benzene rings is 2. The van der Waals surface area contributed by atoms with Crippen molar-refractivity contribution < 1.29 is 17.9 Å². The molecule has 0 heterocycles. The highest BCUT2D eigenvalue weighted by Crippen LogP contribution is 2.16. The number of non-ortho nitro benzene ring substituents is 1. The van der Waals surface area contributed by atoms with Crippen LogP contribution in [0.1, 0.15) is 5.56 Å². The molecule has 0 unspecified atom stereocenters. The fourth-order valence-electron chi connectivity index (χ4n) is 1.49. The van der Waals surface area contributed by atoms with Gasteiger partial charge in [-0.3, -0.25) is 20.1 Å². The molecule has 128 valence electrons. The van der Waals surface area contributed by atoms with E-state index >= 15 is 0 Å². The quantitative estimate of drug-likeness (QED) is 0.247. The van der Waals surface area contributed by atoms with Crippen molar-refractivity contribution in [1.29, 1.82) is 5.41 Å². The zero-order valence-corrected chi connectivity index (χ0v) is 14.0. The highest BCUT2D eigenvalue weighted by atomic mass is 32.2.